The first-order chi connectivity index (χ1) is 40.5. The quantitative estimate of drug-likeness (QED) is 0.0261. The molecule has 0 amide bonds. The summed E-state index contributed by atoms with van der Waals surface area (Å²) in [5, 5.41) is 0. The lowest BCUT2D eigenvalue weighted by molar-refractivity contribution is -0.167. The van der Waals surface area contributed by atoms with Crippen molar-refractivity contribution in [2.45, 2.75) is 341 Å². The van der Waals surface area contributed by atoms with E-state index in [1.807, 2.05) is 0 Å². The number of hydrogen-bond donors (Lipinski definition) is 0. The second-order valence-electron chi connectivity index (χ2n) is 23.1. The van der Waals surface area contributed by atoms with Crippen molar-refractivity contribution in [3.63, 3.8) is 0 Å². The average Bonchev–Trinajstić information content (AvgIpc) is 3.47. The number of esters is 3. The fourth-order valence-corrected chi connectivity index (χ4v) is 9.77. The second-order valence-corrected chi connectivity index (χ2v) is 23.1. The van der Waals surface area contributed by atoms with Gasteiger partial charge in [0.1, 0.15) is 13.2 Å². The predicted octanol–water partition coefficient (Wildman–Crippen LogP) is 24.2. The minimum absolute atomic E-state index is 0.0874. The van der Waals surface area contributed by atoms with Crippen LogP contribution in [0.5, 0.6) is 0 Å². The van der Waals surface area contributed by atoms with Gasteiger partial charge in [-0.15, -0.1) is 0 Å². The van der Waals surface area contributed by atoms with E-state index in [2.05, 4.69) is 130 Å². The smallest absolute Gasteiger partial charge is 0.306 e. The first kappa shape index (κ1) is 78.1. The number of unbranched alkanes of at least 4 members (excludes halogenated alkanes) is 34. The Balaban J connectivity index is 4.40. The fourth-order valence-electron chi connectivity index (χ4n) is 9.77. The van der Waals surface area contributed by atoms with E-state index in [1.165, 1.54) is 173 Å². The van der Waals surface area contributed by atoms with Gasteiger partial charge >= 0.3 is 17.9 Å². The number of ether oxygens (including phenoxy) is 3. The van der Waals surface area contributed by atoms with Gasteiger partial charge in [0.2, 0.25) is 0 Å². The van der Waals surface area contributed by atoms with Crippen molar-refractivity contribution in [2.24, 2.45) is 0 Å². The molecular weight excluding hydrogens is 1010 g/mol. The van der Waals surface area contributed by atoms with Gasteiger partial charge < -0.3 is 14.2 Å². The molecule has 470 valence electrons. The van der Waals surface area contributed by atoms with Crippen molar-refractivity contribution in [2.75, 3.05) is 13.2 Å². The molecule has 0 aliphatic rings. The van der Waals surface area contributed by atoms with E-state index in [0.29, 0.717) is 19.3 Å². The molecule has 0 radical (unpaired) electrons. The van der Waals surface area contributed by atoms with Crippen molar-refractivity contribution in [1.82, 2.24) is 0 Å². The van der Waals surface area contributed by atoms with Crippen LogP contribution in [0.3, 0.4) is 0 Å². The molecule has 0 fully saturated rings. The number of allylic oxidation sites excluding steroid dienone is 18. The average molecular weight is 1140 g/mol. The van der Waals surface area contributed by atoms with Crippen LogP contribution in [-0.4, -0.2) is 37.2 Å². The Hall–Kier alpha value is -3.93. The minimum atomic E-state index is -0.793. The number of rotatable bonds is 63. The normalized spacial score (nSPS) is 12.8. The van der Waals surface area contributed by atoms with Crippen molar-refractivity contribution in [3.8, 4) is 0 Å². The van der Waals surface area contributed by atoms with Crippen molar-refractivity contribution in [1.29, 1.82) is 0 Å². The Bertz CT molecular complexity index is 1640. The van der Waals surface area contributed by atoms with Crippen molar-refractivity contribution < 1.29 is 28.6 Å². The standard InChI is InChI=1S/C76H130O6/c1-4-7-10-13-16-19-22-25-28-31-33-35-37-38-40-41-43-45-48-51-54-57-60-63-66-69-75(78)81-72-73(71-80-74(77)68-65-62-59-56-53-50-47-30-27-24-21-18-15-12-9-6-3)82-76(79)70-67-64-61-58-55-52-49-46-44-42-39-36-34-32-29-26-23-20-17-14-11-8-5-2/h7,10,16,19,23,25-26,28,30,32-35,38,40,43,45,47,73H,4-6,8-9,11-15,17-18,20-22,24,27,29,31,36-37,39,41-42,44,46,48-72H2,1-3H3/b10-7-,19-16-,26-23-,28-25-,34-32-,35-33-,40-38-,45-43-,47-30-. The number of carbonyl (C=O) groups excluding carboxylic acids is 3. The zero-order chi connectivity index (χ0) is 59.2. The molecule has 0 aliphatic heterocycles. The maximum Gasteiger partial charge on any atom is 0.306 e. The Kier molecular flexibility index (Phi) is 66.2. The maximum absolute atomic E-state index is 13.0. The molecule has 0 bridgehead atoms. The second kappa shape index (κ2) is 69.6. The van der Waals surface area contributed by atoms with E-state index in [0.717, 1.165) is 122 Å². The summed E-state index contributed by atoms with van der Waals surface area (Å²) in [6.07, 6.45) is 95.3. The van der Waals surface area contributed by atoms with Crippen LogP contribution >= 0.6 is 0 Å². The van der Waals surface area contributed by atoms with E-state index >= 15 is 0 Å². The molecular formula is C76H130O6. The molecule has 1 unspecified atom stereocenters. The van der Waals surface area contributed by atoms with Crippen LogP contribution in [0.25, 0.3) is 0 Å². The van der Waals surface area contributed by atoms with Gasteiger partial charge in [0.05, 0.1) is 0 Å². The van der Waals surface area contributed by atoms with Gasteiger partial charge in [-0.3, -0.25) is 14.4 Å². The van der Waals surface area contributed by atoms with E-state index < -0.39 is 6.10 Å². The monoisotopic (exact) mass is 1140 g/mol. The highest BCUT2D eigenvalue weighted by Gasteiger charge is 2.19. The van der Waals surface area contributed by atoms with E-state index in [9.17, 15) is 14.4 Å². The Morgan fingerprint density at radius 1 is 0.256 bits per heavy atom. The van der Waals surface area contributed by atoms with Gasteiger partial charge in [0.25, 0.3) is 0 Å². The molecule has 0 saturated heterocycles. The Morgan fingerprint density at radius 2 is 0.476 bits per heavy atom. The van der Waals surface area contributed by atoms with Crippen LogP contribution in [0.2, 0.25) is 0 Å². The lowest BCUT2D eigenvalue weighted by Gasteiger charge is -2.18. The highest BCUT2D eigenvalue weighted by atomic mass is 16.6. The van der Waals surface area contributed by atoms with Gasteiger partial charge in [0, 0.05) is 19.3 Å². The molecule has 0 aromatic carbocycles. The van der Waals surface area contributed by atoms with E-state index in [1.54, 1.807) is 0 Å². The molecule has 0 aromatic heterocycles. The van der Waals surface area contributed by atoms with Gasteiger partial charge in [-0.2, -0.15) is 0 Å². The third kappa shape index (κ3) is 66.9. The van der Waals surface area contributed by atoms with Crippen LogP contribution in [0.15, 0.2) is 109 Å². The molecule has 0 aliphatic carbocycles. The van der Waals surface area contributed by atoms with Crippen LogP contribution < -0.4 is 0 Å². The highest BCUT2D eigenvalue weighted by Crippen LogP contribution is 2.16. The SMILES string of the molecule is CC/C=C\C/C=C\C/C=C\C/C=C\C/C=C\C/C=C\CCCCCCCCC(=O)OCC(COC(=O)CCCCCCC/C=C\CCCCCCCCC)OC(=O)CCCCCCCCCCCCC/C=C\C/C=C\CCCCCCC. The van der Waals surface area contributed by atoms with Crippen LogP contribution in [-0.2, 0) is 28.6 Å². The van der Waals surface area contributed by atoms with Crippen LogP contribution in [0.4, 0.5) is 0 Å². The van der Waals surface area contributed by atoms with Gasteiger partial charge in [-0.25, -0.2) is 0 Å². The third-order valence-corrected chi connectivity index (χ3v) is 15.0. The van der Waals surface area contributed by atoms with Crippen molar-refractivity contribution >= 4 is 17.9 Å². The molecule has 6 nitrogen and oxygen atoms in total. The molecule has 0 rings (SSSR count). The fraction of sp³-hybridized carbons (Fsp3) is 0.724. The first-order valence-electron chi connectivity index (χ1n) is 34.9. The van der Waals surface area contributed by atoms with Crippen molar-refractivity contribution in [3.05, 3.63) is 109 Å². The van der Waals surface area contributed by atoms with Crippen LogP contribution in [0.1, 0.15) is 335 Å². The zero-order valence-corrected chi connectivity index (χ0v) is 54.0. The Labute approximate surface area is 508 Å². The summed E-state index contributed by atoms with van der Waals surface area (Å²) in [6.45, 7) is 6.53. The first-order valence-corrected chi connectivity index (χ1v) is 34.9. The molecule has 0 spiro atoms. The summed E-state index contributed by atoms with van der Waals surface area (Å²) in [5.74, 6) is -0.899. The molecule has 0 saturated carbocycles. The molecule has 0 heterocycles. The zero-order valence-electron chi connectivity index (χ0n) is 54.0. The third-order valence-electron chi connectivity index (χ3n) is 15.0. The summed E-state index contributed by atoms with van der Waals surface area (Å²) in [4.78, 5) is 38.5. The number of hydrogen-bond acceptors (Lipinski definition) is 6. The summed E-state index contributed by atoms with van der Waals surface area (Å²) >= 11 is 0. The summed E-state index contributed by atoms with van der Waals surface area (Å²) < 4.78 is 17.0. The topological polar surface area (TPSA) is 78.9 Å². The lowest BCUT2D eigenvalue weighted by atomic mass is 10.0. The highest BCUT2D eigenvalue weighted by molar-refractivity contribution is 5.71. The largest absolute Gasteiger partial charge is 0.462 e. The molecule has 0 N–H and O–H groups in total. The van der Waals surface area contributed by atoms with Gasteiger partial charge in [-0.1, -0.05) is 297 Å². The van der Waals surface area contributed by atoms with Gasteiger partial charge in [-0.05, 0) is 128 Å². The minimum Gasteiger partial charge on any atom is -0.462 e. The molecule has 0 aromatic rings. The Morgan fingerprint density at radius 3 is 0.756 bits per heavy atom. The van der Waals surface area contributed by atoms with Crippen LogP contribution in [0, 0.1) is 0 Å². The maximum atomic E-state index is 13.0. The van der Waals surface area contributed by atoms with E-state index in [4.69, 9.17) is 14.2 Å². The predicted molar refractivity (Wildman–Crippen MR) is 357 cm³/mol. The number of carbonyl (C=O) groups is 3. The van der Waals surface area contributed by atoms with E-state index in [-0.39, 0.29) is 31.1 Å². The summed E-state index contributed by atoms with van der Waals surface area (Å²) in [5.41, 5.74) is 0. The van der Waals surface area contributed by atoms with Gasteiger partial charge in [0.15, 0.2) is 6.10 Å². The summed E-state index contributed by atoms with van der Waals surface area (Å²) in [7, 11) is 0. The molecule has 1 atom stereocenters. The summed E-state index contributed by atoms with van der Waals surface area (Å²) in [6, 6.07) is 0. The molecule has 6 heteroatoms. The lowest BCUT2D eigenvalue weighted by Crippen LogP contribution is -2.30. The molecule has 82 heavy (non-hydrogen) atoms.